The van der Waals surface area contributed by atoms with Gasteiger partial charge in [0, 0.05) is 35.8 Å². The fourth-order valence-corrected chi connectivity index (χ4v) is 4.04. The van der Waals surface area contributed by atoms with E-state index in [4.69, 9.17) is 9.47 Å². The van der Waals surface area contributed by atoms with Gasteiger partial charge in [-0.2, -0.15) is 0 Å². The van der Waals surface area contributed by atoms with Gasteiger partial charge >= 0.3 is 11.9 Å². The largest absolute Gasteiger partial charge is 0.426 e. The molecule has 0 amide bonds. The number of ether oxygens (including phenoxy) is 2. The minimum absolute atomic E-state index is 0.404. The molecule has 0 unspecified atom stereocenters. The van der Waals surface area contributed by atoms with Crippen LogP contribution in [-0.2, 0) is 20.4 Å². The predicted octanol–water partition coefficient (Wildman–Crippen LogP) is 6.19. The summed E-state index contributed by atoms with van der Waals surface area (Å²) in [6.45, 7) is 11.0. The average molecular weight is 431 g/mol. The van der Waals surface area contributed by atoms with Crippen molar-refractivity contribution in [2.75, 3.05) is 0 Å². The van der Waals surface area contributed by atoms with Crippen molar-refractivity contribution in [2.45, 2.75) is 52.4 Å². The highest BCUT2D eigenvalue weighted by atomic mass is 16.5. The van der Waals surface area contributed by atoms with Crippen molar-refractivity contribution in [2.24, 2.45) is 0 Å². The summed E-state index contributed by atoms with van der Waals surface area (Å²) in [4.78, 5) is 24.0. The van der Waals surface area contributed by atoms with Gasteiger partial charge in [-0.25, -0.2) is 0 Å². The summed E-state index contributed by atoms with van der Waals surface area (Å²) in [6, 6.07) is 23.6. The zero-order chi connectivity index (χ0) is 23.5. The van der Waals surface area contributed by atoms with Gasteiger partial charge in [0.05, 0.1) is 0 Å². The van der Waals surface area contributed by atoms with Crippen LogP contribution in [-0.4, -0.2) is 11.9 Å². The van der Waals surface area contributed by atoms with Crippen LogP contribution >= 0.6 is 0 Å². The zero-order valence-corrected chi connectivity index (χ0v) is 19.6. The molecule has 4 heteroatoms. The summed E-state index contributed by atoms with van der Waals surface area (Å²) in [5.41, 5.74) is 2.63. The Bertz CT molecular complexity index is 1020. The van der Waals surface area contributed by atoms with E-state index in [0.29, 0.717) is 11.5 Å². The molecule has 0 aliphatic rings. The van der Waals surface area contributed by atoms with E-state index in [9.17, 15) is 9.59 Å². The molecule has 32 heavy (non-hydrogen) atoms. The molecule has 3 aromatic carbocycles. The molecule has 0 aliphatic heterocycles. The first-order valence-corrected chi connectivity index (χ1v) is 10.7. The summed E-state index contributed by atoms with van der Waals surface area (Å²) < 4.78 is 11.4. The quantitative estimate of drug-likeness (QED) is 0.346. The number of carbonyl (C=O) groups is 2. The second kappa shape index (κ2) is 8.99. The molecule has 4 nitrogen and oxygen atoms in total. The van der Waals surface area contributed by atoms with Crippen LogP contribution in [0, 0.1) is 0 Å². The van der Waals surface area contributed by atoms with Gasteiger partial charge in [0.2, 0.25) is 0 Å². The van der Waals surface area contributed by atoms with Crippen LogP contribution < -0.4 is 9.47 Å². The SMILES string of the molecule is CC(=O)Oc1cc(C(C)(C)c2ccccc2)c(OC(C)=O)cc1C(C)(C)c1ccccc1. The molecule has 0 N–H and O–H groups in total. The Kier molecular flexibility index (Phi) is 6.54. The molecule has 0 spiro atoms. The summed E-state index contributed by atoms with van der Waals surface area (Å²) in [5, 5.41) is 0. The molecule has 0 aliphatic carbocycles. The van der Waals surface area contributed by atoms with E-state index in [2.05, 4.69) is 27.7 Å². The molecule has 3 aromatic rings. The molecule has 0 heterocycles. The first-order chi connectivity index (χ1) is 15.0. The van der Waals surface area contributed by atoms with Gasteiger partial charge < -0.3 is 9.47 Å². The van der Waals surface area contributed by atoms with Crippen LogP contribution in [0.5, 0.6) is 11.5 Å². The number of rotatable bonds is 6. The third-order valence-electron chi connectivity index (χ3n) is 5.93. The Labute approximate surface area is 190 Å². The Morgan fingerprint density at radius 1 is 0.594 bits per heavy atom. The Morgan fingerprint density at radius 3 is 1.19 bits per heavy atom. The van der Waals surface area contributed by atoms with Crippen molar-refractivity contribution < 1.29 is 19.1 Å². The van der Waals surface area contributed by atoms with Crippen molar-refractivity contribution in [3.63, 3.8) is 0 Å². The normalized spacial score (nSPS) is 11.7. The van der Waals surface area contributed by atoms with Crippen LogP contribution in [0.3, 0.4) is 0 Å². The maximum atomic E-state index is 12.0. The lowest BCUT2D eigenvalue weighted by Gasteiger charge is -2.32. The average Bonchev–Trinajstić information content (AvgIpc) is 2.75. The van der Waals surface area contributed by atoms with Crippen molar-refractivity contribution in [3.8, 4) is 11.5 Å². The second-order valence-corrected chi connectivity index (χ2v) is 9.01. The maximum Gasteiger partial charge on any atom is 0.308 e. The Hall–Kier alpha value is -3.40. The highest BCUT2D eigenvalue weighted by Crippen LogP contribution is 2.45. The maximum absolute atomic E-state index is 12.0. The first-order valence-electron chi connectivity index (χ1n) is 10.7. The third kappa shape index (κ3) is 4.75. The van der Waals surface area contributed by atoms with E-state index in [1.54, 1.807) is 0 Å². The van der Waals surface area contributed by atoms with Gasteiger partial charge in [-0.1, -0.05) is 88.4 Å². The predicted molar refractivity (Wildman–Crippen MR) is 126 cm³/mol. The van der Waals surface area contributed by atoms with E-state index < -0.39 is 22.8 Å². The van der Waals surface area contributed by atoms with Crippen molar-refractivity contribution in [1.29, 1.82) is 0 Å². The van der Waals surface area contributed by atoms with Crippen LogP contribution in [0.25, 0.3) is 0 Å². The fraction of sp³-hybridized carbons (Fsp3) is 0.286. The summed E-state index contributed by atoms with van der Waals surface area (Å²) >= 11 is 0. The molecule has 0 saturated carbocycles. The molecule has 0 atom stereocenters. The number of carbonyl (C=O) groups excluding carboxylic acids is 2. The Morgan fingerprint density at radius 2 is 0.906 bits per heavy atom. The monoisotopic (exact) mass is 430 g/mol. The molecule has 0 radical (unpaired) electrons. The molecule has 0 saturated heterocycles. The smallest absolute Gasteiger partial charge is 0.308 e. The molecule has 3 rings (SSSR count). The molecular weight excluding hydrogens is 400 g/mol. The van der Waals surface area contributed by atoms with E-state index in [1.165, 1.54) is 13.8 Å². The second-order valence-electron chi connectivity index (χ2n) is 9.01. The molecule has 0 bridgehead atoms. The van der Waals surface area contributed by atoms with E-state index >= 15 is 0 Å². The number of esters is 2. The van der Waals surface area contributed by atoms with E-state index in [-0.39, 0.29) is 0 Å². The topological polar surface area (TPSA) is 52.6 Å². The number of hydrogen-bond acceptors (Lipinski definition) is 4. The fourth-order valence-electron chi connectivity index (χ4n) is 4.04. The van der Waals surface area contributed by atoms with E-state index in [1.807, 2.05) is 72.8 Å². The minimum atomic E-state index is -0.504. The lowest BCUT2D eigenvalue weighted by Crippen LogP contribution is -2.25. The first kappa shape index (κ1) is 23.3. The van der Waals surface area contributed by atoms with Gasteiger partial charge in [-0.3, -0.25) is 9.59 Å². The molecule has 166 valence electrons. The molecule has 0 fully saturated rings. The van der Waals surface area contributed by atoms with Gasteiger partial charge in [-0.15, -0.1) is 0 Å². The third-order valence-corrected chi connectivity index (χ3v) is 5.93. The van der Waals surface area contributed by atoms with Crippen molar-refractivity contribution in [3.05, 3.63) is 95.1 Å². The minimum Gasteiger partial charge on any atom is -0.426 e. The lowest BCUT2D eigenvalue weighted by atomic mass is 9.73. The molecular formula is C28H30O4. The van der Waals surface area contributed by atoms with Crippen LogP contribution in [0.2, 0.25) is 0 Å². The van der Waals surface area contributed by atoms with Crippen LogP contribution in [0.15, 0.2) is 72.8 Å². The van der Waals surface area contributed by atoms with Gasteiger partial charge in [0.25, 0.3) is 0 Å². The number of benzene rings is 3. The zero-order valence-electron chi connectivity index (χ0n) is 19.6. The lowest BCUT2D eigenvalue weighted by molar-refractivity contribution is -0.133. The van der Waals surface area contributed by atoms with Crippen LogP contribution in [0.1, 0.15) is 63.8 Å². The summed E-state index contributed by atoms with van der Waals surface area (Å²) in [6.07, 6.45) is 0. The molecule has 0 aromatic heterocycles. The van der Waals surface area contributed by atoms with Crippen molar-refractivity contribution in [1.82, 2.24) is 0 Å². The van der Waals surface area contributed by atoms with Crippen molar-refractivity contribution >= 4 is 11.9 Å². The van der Waals surface area contributed by atoms with Gasteiger partial charge in [0.1, 0.15) is 11.5 Å². The van der Waals surface area contributed by atoms with E-state index in [0.717, 1.165) is 22.3 Å². The summed E-state index contributed by atoms with van der Waals surface area (Å²) in [5.74, 6) is 0.111. The summed E-state index contributed by atoms with van der Waals surface area (Å²) in [7, 11) is 0. The highest BCUT2D eigenvalue weighted by Gasteiger charge is 2.34. The highest BCUT2D eigenvalue weighted by molar-refractivity contribution is 5.73. The van der Waals surface area contributed by atoms with Gasteiger partial charge in [-0.05, 0) is 23.3 Å². The number of hydrogen-bond donors (Lipinski definition) is 0. The Balaban J connectivity index is 2.30. The van der Waals surface area contributed by atoms with Crippen LogP contribution in [0.4, 0.5) is 0 Å². The standard InChI is InChI=1S/C28H30O4/c1-19(29)31-25-17-24(28(5,6)22-15-11-8-12-16-22)26(32-20(2)30)18-23(25)27(3,4)21-13-9-7-10-14-21/h7-18H,1-6H3. The van der Waals surface area contributed by atoms with Gasteiger partial charge in [0.15, 0.2) is 0 Å².